The molecule has 0 unspecified atom stereocenters. The Hall–Kier alpha value is -2.62. The summed E-state index contributed by atoms with van der Waals surface area (Å²) in [6.07, 6.45) is 10.2. The normalized spacial score (nSPS) is 14.2. The summed E-state index contributed by atoms with van der Waals surface area (Å²) in [5.74, 6) is -0.374. The molecule has 0 atom stereocenters. The molecule has 1 N–H and O–H groups in total. The van der Waals surface area contributed by atoms with E-state index in [1.807, 2.05) is 18.2 Å². The monoisotopic (exact) mass is 337 g/mol. The second-order valence-corrected chi connectivity index (χ2v) is 6.39. The SMILES string of the molecule is C=CCc1cccc2cc(C(=O)NCCC3=CCCCC3)c(=O)oc12. The van der Waals surface area contributed by atoms with Crippen LogP contribution in [0.15, 0.2) is 57.8 Å². The first-order chi connectivity index (χ1) is 12.2. The van der Waals surface area contributed by atoms with Crippen molar-refractivity contribution < 1.29 is 9.21 Å². The van der Waals surface area contributed by atoms with Crippen LogP contribution in [0.2, 0.25) is 0 Å². The molecule has 2 aromatic rings. The van der Waals surface area contributed by atoms with Crippen molar-refractivity contribution in [3.05, 3.63) is 70.1 Å². The largest absolute Gasteiger partial charge is 0.422 e. The summed E-state index contributed by atoms with van der Waals surface area (Å²) in [4.78, 5) is 24.6. The van der Waals surface area contributed by atoms with E-state index in [1.54, 1.807) is 12.1 Å². The first kappa shape index (κ1) is 17.2. The topological polar surface area (TPSA) is 59.3 Å². The highest BCUT2D eigenvalue weighted by molar-refractivity contribution is 5.97. The molecule has 1 aliphatic rings. The number of amides is 1. The van der Waals surface area contributed by atoms with Crippen LogP contribution in [0.3, 0.4) is 0 Å². The van der Waals surface area contributed by atoms with Gasteiger partial charge in [-0.05, 0) is 50.2 Å². The summed E-state index contributed by atoms with van der Waals surface area (Å²) < 4.78 is 5.42. The van der Waals surface area contributed by atoms with E-state index in [-0.39, 0.29) is 11.5 Å². The predicted octanol–water partition coefficient (Wildman–Crippen LogP) is 4.14. The van der Waals surface area contributed by atoms with Crippen LogP contribution in [0.4, 0.5) is 0 Å². The van der Waals surface area contributed by atoms with Crippen LogP contribution >= 0.6 is 0 Å². The van der Waals surface area contributed by atoms with Crippen LogP contribution in [-0.2, 0) is 6.42 Å². The minimum atomic E-state index is -0.599. The summed E-state index contributed by atoms with van der Waals surface area (Å²) in [5, 5.41) is 3.58. The zero-order valence-electron chi connectivity index (χ0n) is 14.3. The standard InChI is InChI=1S/C21H23NO3/c1-2-7-16-10-6-11-17-14-18(21(24)25-19(16)17)20(23)22-13-12-15-8-4-3-5-9-15/h2,6,8,10-11,14H,1,3-5,7,9,12-13H2,(H,22,23). The number of nitrogens with one attached hydrogen (secondary N) is 1. The summed E-state index contributed by atoms with van der Waals surface area (Å²) in [6.45, 7) is 4.26. The third kappa shape index (κ3) is 4.08. The molecule has 1 aromatic carbocycles. The van der Waals surface area contributed by atoms with Gasteiger partial charge in [-0.1, -0.05) is 35.9 Å². The van der Waals surface area contributed by atoms with Gasteiger partial charge >= 0.3 is 5.63 Å². The Labute approximate surface area is 147 Å². The van der Waals surface area contributed by atoms with Crippen molar-refractivity contribution in [2.45, 2.75) is 38.5 Å². The van der Waals surface area contributed by atoms with Crippen LogP contribution in [0.1, 0.15) is 48.0 Å². The lowest BCUT2D eigenvalue weighted by atomic mass is 9.97. The number of hydrogen-bond acceptors (Lipinski definition) is 3. The molecule has 0 aliphatic heterocycles. The molecule has 0 fully saturated rings. The van der Waals surface area contributed by atoms with Gasteiger partial charge in [0.05, 0.1) is 0 Å². The number of hydrogen-bond donors (Lipinski definition) is 1. The van der Waals surface area contributed by atoms with Gasteiger partial charge in [-0.15, -0.1) is 6.58 Å². The van der Waals surface area contributed by atoms with Gasteiger partial charge in [0.1, 0.15) is 11.1 Å². The van der Waals surface area contributed by atoms with Crippen LogP contribution in [0.5, 0.6) is 0 Å². The molecule has 0 bridgehead atoms. The molecule has 130 valence electrons. The Balaban J connectivity index is 1.75. The smallest absolute Gasteiger partial charge is 0.349 e. The number of carbonyl (C=O) groups is 1. The zero-order chi connectivity index (χ0) is 17.6. The molecule has 0 saturated heterocycles. The fraction of sp³-hybridized carbons (Fsp3) is 0.333. The van der Waals surface area contributed by atoms with Gasteiger partial charge in [-0.25, -0.2) is 4.79 Å². The summed E-state index contributed by atoms with van der Waals surface area (Å²) in [7, 11) is 0. The molecule has 1 aromatic heterocycles. The fourth-order valence-corrected chi connectivity index (χ4v) is 3.24. The second-order valence-electron chi connectivity index (χ2n) is 6.39. The summed E-state index contributed by atoms with van der Waals surface area (Å²) in [6, 6.07) is 7.24. The number of fused-ring (bicyclic) bond motifs is 1. The molecule has 0 spiro atoms. The molecule has 0 saturated carbocycles. The molecule has 1 heterocycles. The Morgan fingerprint density at radius 2 is 2.20 bits per heavy atom. The van der Waals surface area contributed by atoms with Gasteiger partial charge in [-0.2, -0.15) is 0 Å². The quantitative estimate of drug-likeness (QED) is 0.636. The summed E-state index contributed by atoms with van der Waals surface area (Å²) in [5.41, 5.74) is 2.27. The number of benzene rings is 1. The number of allylic oxidation sites excluding steroid dienone is 2. The molecular formula is C21H23NO3. The molecular weight excluding hydrogens is 314 g/mol. The van der Waals surface area contributed by atoms with Crippen LogP contribution < -0.4 is 10.9 Å². The number of para-hydroxylation sites is 1. The zero-order valence-corrected chi connectivity index (χ0v) is 14.3. The third-order valence-corrected chi connectivity index (χ3v) is 4.57. The van der Waals surface area contributed by atoms with E-state index >= 15 is 0 Å². The van der Waals surface area contributed by atoms with Crippen molar-refractivity contribution in [1.29, 1.82) is 0 Å². The van der Waals surface area contributed by atoms with E-state index in [0.717, 1.165) is 30.2 Å². The lowest BCUT2D eigenvalue weighted by Crippen LogP contribution is -2.29. The minimum absolute atomic E-state index is 0.0564. The maximum Gasteiger partial charge on any atom is 0.349 e. The van der Waals surface area contributed by atoms with Gasteiger partial charge in [0.2, 0.25) is 0 Å². The van der Waals surface area contributed by atoms with Gasteiger partial charge in [0, 0.05) is 11.9 Å². The lowest BCUT2D eigenvalue weighted by Gasteiger charge is -2.13. The van der Waals surface area contributed by atoms with Gasteiger partial charge in [-0.3, -0.25) is 4.79 Å². The first-order valence-corrected chi connectivity index (χ1v) is 8.82. The molecule has 0 radical (unpaired) electrons. The average molecular weight is 337 g/mol. The van der Waals surface area contributed by atoms with Crippen molar-refractivity contribution in [3.8, 4) is 0 Å². The Kier molecular flexibility index (Phi) is 5.49. The predicted molar refractivity (Wildman–Crippen MR) is 99.9 cm³/mol. The van der Waals surface area contributed by atoms with E-state index in [9.17, 15) is 9.59 Å². The van der Waals surface area contributed by atoms with Crippen LogP contribution in [0, 0.1) is 0 Å². The second kappa shape index (κ2) is 7.97. The third-order valence-electron chi connectivity index (χ3n) is 4.57. The van der Waals surface area contributed by atoms with Crippen LogP contribution in [-0.4, -0.2) is 12.5 Å². The Bertz CT molecular complexity index is 876. The van der Waals surface area contributed by atoms with Crippen molar-refractivity contribution in [2.24, 2.45) is 0 Å². The number of carbonyl (C=O) groups excluding carboxylic acids is 1. The van der Waals surface area contributed by atoms with Crippen LogP contribution in [0.25, 0.3) is 11.0 Å². The molecule has 4 heteroatoms. The van der Waals surface area contributed by atoms with Crippen molar-refractivity contribution in [3.63, 3.8) is 0 Å². The van der Waals surface area contributed by atoms with Gasteiger partial charge in [0.15, 0.2) is 0 Å². The van der Waals surface area contributed by atoms with Crippen molar-refractivity contribution in [2.75, 3.05) is 6.54 Å². The summed E-state index contributed by atoms with van der Waals surface area (Å²) >= 11 is 0. The molecule has 4 nitrogen and oxygen atoms in total. The Morgan fingerprint density at radius 3 is 2.96 bits per heavy atom. The maximum absolute atomic E-state index is 12.4. The molecule has 1 amide bonds. The van der Waals surface area contributed by atoms with Crippen molar-refractivity contribution >= 4 is 16.9 Å². The maximum atomic E-state index is 12.4. The average Bonchev–Trinajstić information content (AvgIpc) is 2.63. The molecule has 25 heavy (non-hydrogen) atoms. The Morgan fingerprint density at radius 1 is 1.32 bits per heavy atom. The van der Waals surface area contributed by atoms with E-state index < -0.39 is 5.63 Å². The lowest BCUT2D eigenvalue weighted by molar-refractivity contribution is 0.0950. The minimum Gasteiger partial charge on any atom is -0.422 e. The van der Waals surface area contributed by atoms with E-state index in [2.05, 4.69) is 18.0 Å². The first-order valence-electron chi connectivity index (χ1n) is 8.82. The van der Waals surface area contributed by atoms with E-state index in [1.165, 1.54) is 18.4 Å². The highest BCUT2D eigenvalue weighted by Crippen LogP contribution is 2.20. The molecule has 3 rings (SSSR count). The van der Waals surface area contributed by atoms with E-state index in [4.69, 9.17) is 4.42 Å². The number of rotatable bonds is 6. The van der Waals surface area contributed by atoms with Crippen molar-refractivity contribution in [1.82, 2.24) is 5.32 Å². The van der Waals surface area contributed by atoms with Gasteiger partial charge < -0.3 is 9.73 Å². The fourth-order valence-electron chi connectivity index (χ4n) is 3.24. The molecule has 1 aliphatic carbocycles. The highest BCUT2D eigenvalue weighted by atomic mass is 16.4. The van der Waals surface area contributed by atoms with Gasteiger partial charge in [0.25, 0.3) is 5.91 Å². The van der Waals surface area contributed by atoms with E-state index in [0.29, 0.717) is 18.5 Å². The highest BCUT2D eigenvalue weighted by Gasteiger charge is 2.15.